The summed E-state index contributed by atoms with van der Waals surface area (Å²) in [5.41, 5.74) is 0.0260. The van der Waals surface area contributed by atoms with E-state index >= 15 is 0 Å². The van der Waals surface area contributed by atoms with Gasteiger partial charge < -0.3 is 5.11 Å². The van der Waals surface area contributed by atoms with Gasteiger partial charge in [0.2, 0.25) is 0 Å². The number of carbonyl (C=O) groups excluding carboxylic acids is 2. The van der Waals surface area contributed by atoms with Crippen LogP contribution in [0.1, 0.15) is 72.1 Å². The molecule has 8 atom stereocenters. The van der Waals surface area contributed by atoms with Crippen molar-refractivity contribution in [3.05, 3.63) is 0 Å². The molecule has 4 aliphatic rings. The minimum atomic E-state index is -0.316. The van der Waals surface area contributed by atoms with Crippen LogP contribution in [-0.4, -0.2) is 22.8 Å². The van der Waals surface area contributed by atoms with E-state index in [9.17, 15) is 14.7 Å². The van der Waals surface area contributed by atoms with Crippen molar-refractivity contribution in [2.75, 3.05) is 0 Å². The van der Waals surface area contributed by atoms with Crippen LogP contribution in [0, 0.1) is 40.4 Å². The molecule has 0 aliphatic heterocycles. The topological polar surface area (TPSA) is 54.4 Å². The molecule has 0 saturated heterocycles. The Morgan fingerprint density at radius 1 is 1.08 bits per heavy atom. The summed E-state index contributed by atoms with van der Waals surface area (Å²) in [4.78, 5) is 25.3. The number of fused-ring (bicyclic) bond motifs is 5. The van der Waals surface area contributed by atoms with Gasteiger partial charge in [0.1, 0.15) is 11.6 Å². The van der Waals surface area contributed by atoms with Gasteiger partial charge in [0.05, 0.1) is 6.10 Å². The molecule has 1 unspecified atom stereocenters. The lowest BCUT2D eigenvalue weighted by Crippen LogP contribution is -2.57. The Morgan fingerprint density at radius 2 is 1.83 bits per heavy atom. The Kier molecular flexibility index (Phi) is 3.77. The van der Waals surface area contributed by atoms with Gasteiger partial charge in [0, 0.05) is 25.2 Å². The molecule has 3 heteroatoms. The first kappa shape index (κ1) is 16.8. The van der Waals surface area contributed by atoms with Crippen molar-refractivity contribution in [2.24, 2.45) is 40.4 Å². The molecule has 0 aromatic carbocycles. The maximum Gasteiger partial charge on any atom is 0.137 e. The van der Waals surface area contributed by atoms with Crippen molar-refractivity contribution < 1.29 is 14.7 Å². The SMILES string of the molecule is CC(O)[C@H]1CC[C@H]2[C@@H]3CC[C@H]4CC(=O)CC[C@]4(C)[C@H]3C(=O)C[C@]12C. The van der Waals surface area contributed by atoms with Gasteiger partial charge in [-0.25, -0.2) is 0 Å². The normalized spacial score (nSPS) is 52.4. The molecule has 4 saturated carbocycles. The minimum absolute atomic E-state index is 0.0138. The van der Waals surface area contributed by atoms with Crippen LogP contribution in [0.3, 0.4) is 0 Å². The predicted octanol–water partition coefficient (Wildman–Crippen LogP) is 3.77. The molecule has 4 aliphatic carbocycles. The fraction of sp³-hybridized carbons (Fsp3) is 0.905. The lowest BCUT2D eigenvalue weighted by molar-refractivity contribution is -0.162. The Bertz CT molecular complexity index is 567. The van der Waals surface area contributed by atoms with E-state index in [0.29, 0.717) is 48.6 Å². The highest BCUT2D eigenvalue weighted by Crippen LogP contribution is 2.66. The van der Waals surface area contributed by atoms with Crippen molar-refractivity contribution in [1.29, 1.82) is 0 Å². The van der Waals surface area contributed by atoms with Crippen LogP contribution in [0.5, 0.6) is 0 Å². The lowest BCUT2D eigenvalue weighted by Gasteiger charge is -2.59. The molecule has 0 bridgehead atoms. The Morgan fingerprint density at radius 3 is 2.54 bits per heavy atom. The zero-order chi connectivity index (χ0) is 17.3. The summed E-state index contributed by atoms with van der Waals surface area (Å²) in [6, 6.07) is 0. The van der Waals surface area contributed by atoms with Crippen LogP contribution in [0.4, 0.5) is 0 Å². The third-order valence-corrected chi connectivity index (χ3v) is 8.82. The van der Waals surface area contributed by atoms with E-state index in [1.165, 1.54) is 6.42 Å². The quantitative estimate of drug-likeness (QED) is 0.795. The molecular formula is C21H32O3. The average Bonchev–Trinajstić information content (AvgIpc) is 2.84. The average molecular weight is 332 g/mol. The molecule has 4 rings (SSSR count). The molecule has 24 heavy (non-hydrogen) atoms. The summed E-state index contributed by atoms with van der Waals surface area (Å²) in [7, 11) is 0. The number of aliphatic hydroxyl groups excluding tert-OH is 1. The van der Waals surface area contributed by atoms with Gasteiger partial charge in [0.25, 0.3) is 0 Å². The van der Waals surface area contributed by atoms with Crippen LogP contribution >= 0.6 is 0 Å². The molecule has 4 fully saturated rings. The number of carbonyl (C=O) groups is 2. The second-order valence-corrected chi connectivity index (χ2v) is 9.84. The van der Waals surface area contributed by atoms with Crippen LogP contribution in [0.25, 0.3) is 0 Å². The standard InChI is InChI=1S/C21H32O3/c1-12(22)16-6-7-17-15-5-4-13-10-14(23)8-9-20(13,2)19(15)18(24)11-21(16,17)3/h12-13,15-17,19,22H,4-11H2,1-3H3/t12?,13-,15-,16+,17-,19+,20-,21+/m0/s1. The van der Waals surface area contributed by atoms with E-state index in [1.54, 1.807) is 0 Å². The number of aliphatic hydroxyl groups is 1. The highest BCUT2D eigenvalue weighted by molar-refractivity contribution is 5.85. The van der Waals surface area contributed by atoms with E-state index in [0.717, 1.165) is 25.7 Å². The first-order chi connectivity index (χ1) is 11.3. The molecule has 0 radical (unpaired) electrons. The van der Waals surface area contributed by atoms with Gasteiger partial charge in [-0.2, -0.15) is 0 Å². The van der Waals surface area contributed by atoms with Gasteiger partial charge in [-0.15, -0.1) is 0 Å². The Labute approximate surface area is 145 Å². The molecule has 0 aromatic rings. The van der Waals surface area contributed by atoms with E-state index in [1.807, 2.05) is 6.92 Å². The van der Waals surface area contributed by atoms with Gasteiger partial charge in [0.15, 0.2) is 0 Å². The molecule has 0 spiro atoms. The van der Waals surface area contributed by atoms with E-state index in [4.69, 9.17) is 0 Å². The Hall–Kier alpha value is -0.700. The number of ketones is 2. The Balaban J connectivity index is 1.68. The number of hydrogen-bond acceptors (Lipinski definition) is 3. The number of rotatable bonds is 1. The first-order valence-corrected chi connectivity index (χ1v) is 10.00. The first-order valence-electron chi connectivity index (χ1n) is 10.00. The van der Waals surface area contributed by atoms with Crippen LogP contribution in [0.15, 0.2) is 0 Å². The summed E-state index contributed by atoms with van der Waals surface area (Å²) >= 11 is 0. The third-order valence-electron chi connectivity index (χ3n) is 8.82. The van der Waals surface area contributed by atoms with Crippen LogP contribution in [0.2, 0.25) is 0 Å². The number of Topliss-reactive ketones (excluding diaryl/α,β-unsaturated/α-hetero) is 2. The van der Waals surface area contributed by atoms with Crippen LogP contribution < -0.4 is 0 Å². The largest absolute Gasteiger partial charge is 0.393 e. The highest BCUT2D eigenvalue weighted by Gasteiger charge is 2.63. The van der Waals surface area contributed by atoms with Crippen molar-refractivity contribution in [2.45, 2.75) is 78.2 Å². The van der Waals surface area contributed by atoms with E-state index < -0.39 is 0 Å². The van der Waals surface area contributed by atoms with E-state index in [-0.39, 0.29) is 28.8 Å². The molecule has 3 nitrogen and oxygen atoms in total. The summed E-state index contributed by atoms with van der Waals surface area (Å²) in [5, 5.41) is 10.3. The maximum absolute atomic E-state index is 13.3. The van der Waals surface area contributed by atoms with E-state index in [2.05, 4.69) is 13.8 Å². The molecule has 134 valence electrons. The summed E-state index contributed by atoms with van der Waals surface area (Å²) < 4.78 is 0. The monoisotopic (exact) mass is 332 g/mol. The van der Waals surface area contributed by atoms with Gasteiger partial charge in [-0.05, 0) is 73.5 Å². The zero-order valence-corrected chi connectivity index (χ0v) is 15.4. The van der Waals surface area contributed by atoms with Crippen molar-refractivity contribution >= 4 is 11.6 Å². The fourth-order valence-corrected chi connectivity index (χ4v) is 7.69. The lowest BCUT2D eigenvalue weighted by atomic mass is 9.44. The molecule has 0 heterocycles. The summed E-state index contributed by atoms with van der Waals surface area (Å²) in [6.07, 6.45) is 7.06. The van der Waals surface area contributed by atoms with Gasteiger partial charge in [-0.3, -0.25) is 9.59 Å². The second-order valence-electron chi connectivity index (χ2n) is 9.84. The van der Waals surface area contributed by atoms with Gasteiger partial charge in [-0.1, -0.05) is 13.8 Å². The predicted molar refractivity (Wildman–Crippen MR) is 92.3 cm³/mol. The summed E-state index contributed by atoms with van der Waals surface area (Å²) in [6.45, 7) is 6.48. The smallest absolute Gasteiger partial charge is 0.137 e. The highest BCUT2D eigenvalue weighted by atomic mass is 16.3. The zero-order valence-electron chi connectivity index (χ0n) is 15.4. The summed E-state index contributed by atoms with van der Waals surface area (Å²) in [5.74, 6) is 2.75. The fourth-order valence-electron chi connectivity index (χ4n) is 7.69. The minimum Gasteiger partial charge on any atom is -0.393 e. The maximum atomic E-state index is 13.3. The van der Waals surface area contributed by atoms with Crippen molar-refractivity contribution in [3.8, 4) is 0 Å². The van der Waals surface area contributed by atoms with Crippen LogP contribution in [-0.2, 0) is 9.59 Å². The molecular weight excluding hydrogens is 300 g/mol. The molecule has 0 aromatic heterocycles. The number of hydrogen-bond donors (Lipinski definition) is 1. The third kappa shape index (κ3) is 2.12. The van der Waals surface area contributed by atoms with Crippen molar-refractivity contribution in [1.82, 2.24) is 0 Å². The van der Waals surface area contributed by atoms with Gasteiger partial charge >= 0.3 is 0 Å². The second kappa shape index (κ2) is 5.40. The van der Waals surface area contributed by atoms with Crippen molar-refractivity contribution in [3.63, 3.8) is 0 Å². The molecule has 1 N–H and O–H groups in total. The molecule has 0 amide bonds.